The summed E-state index contributed by atoms with van der Waals surface area (Å²) in [6, 6.07) is 0.219. The molecule has 0 bridgehead atoms. The lowest BCUT2D eigenvalue weighted by Crippen LogP contribution is -2.05. The lowest BCUT2D eigenvalue weighted by atomic mass is 10.2. The van der Waals surface area contributed by atoms with Gasteiger partial charge in [0.2, 0.25) is 0 Å². The highest BCUT2D eigenvalue weighted by Crippen LogP contribution is 2.29. The third-order valence-electron chi connectivity index (χ3n) is 2.20. The zero-order chi connectivity index (χ0) is 11.7. The van der Waals surface area contributed by atoms with Crippen molar-refractivity contribution in [2.24, 2.45) is 0 Å². The van der Waals surface area contributed by atoms with Crippen LogP contribution in [0.2, 0.25) is 0 Å². The molecule has 0 saturated carbocycles. The van der Waals surface area contributed by atoms with E-state index < -0.39 is 0 Å². The Morgan fingerprint density at radius 1 is 1.38 bits per heavy atom. The number of anilines is 2. The van der Waals surface area contributed by atoms with Crippen molar-refractivity contribution in [3.8, 4) is 0 Å². The van der Waals surface area contributed by atoms with E-state index >= 15 is 0 Å². The van der Waals surface area contributed by atoms with Crippen molar-refractivity contribution in [1.82, 2.24) is 9.97 Å². The number of nitrogens with zero attached hydrogens (tertiary/aromatic N) is 2. The van der Waals surface area contributed by atoms with Crippen molar-refractivity contribution in [3.05, 3.63) is 21.8 Å². The predicted molar refractivity (Wildman–Crippen MR) is 70.2 cm³/mol. The maximum atomic E-state index is 5.63. The monoisotopic (exact) mass is 254 g/mol. The Balaban J connectivity index is 2.14. The molecule has 0 fully saturated rings. The maximum absolute atomic E-state index is 5.63. The highest BCUT2D eigenvalue weighted by Gasteiger charge is 2.13. The van der Waals surface area contributed by atoms with E-state index in [4.69, 9.17) is 5.73 Å². The summed E-state index contributed by atoms with van der Waals surface area (Å²) in [6.07, 6.45) is 1.67. The fourth-order valence-electron chi connectivity index (χ4n) is 1.55. The molecule has 2 aromatic heterocycles. The zero-order valence-electron chi connectivity index (χ0n) is 9.44. The van der Waals surface area contributed by atoms with Gasteiger partial charge < -0.3 is 11.1 Å². The number of hydrogen-bond donors (Lipinski definition) is 2. The summed E-state index contributed by atoms with van der Waals surface area (Å²) in [5.74, 6) is 0. The van der Waals surface area contributed by atoms with Crippen molar-refractivity contribution in [1.29, 1.82) is 0 Å². The molecule has 1 unspecified atom stereocenters. The molecule has 3 N–H and O–H groups in total. The van der Waals surface area contributed by atoms with E-state index in [1.54, 1.807) is 17.5 Å². The summed E-state index contributed by atoms with van der Waals surface area (Å²) in [7, 11) is 0. The molecule has 2 aromatic rings. The molecule has 2 rings (SSSR count). The maximum Gasteiger partial charge on any atom is 0.185 e. The fourth-order valence-corrected chi connectivity index (χ4v) is 3.15. The first-order valence-corrected chi connectivity index (χ1v) is 6.61. The standard InChI is InChI=1S/C10H14N4S2/c1-5-9(15-7(3)13-5)6(2)14-10-12-4-8(11)16-10/h4,6H,11H2,1-3H3,(H,12,14). The molecule has 0 radical (unpaired) electrons. The first-order chi connectivity index (χ1) is 7.56. The van der Waals surface area contributed by atoms with Gasteiger partial charge in [-0.15, -0.1) is 11.3 Å². The van der Waals surface area contributed by atoms with Crippen molar-refractivity contribution < 1.29 is 0 Å². The van der Waals surface area contributed by atoms with Gasteiger partial charge in [-0.3, -0.25) is 0 Å². The van der Waals surface area contributed by atoms with Gasteiger partial charge in [-0.1, -0.05) is 11.3 Å². The number of nitrogens with one attached hydrogen (secondary N) is 1. The summed E-state index contributed by atoms with van der Waals surface area (Å²) in [5.41, 5.74) is 6.72. The third-order valence-corrected chi connectivity index (χ3v) is 4.21. The van der Waals surface area contributed by atoms with E-state index in [-0.39, 0.29) is 6.04 Å². The molecule has 0 saturated heterocycles. The van der Waals surface area contributed by atoms with Crippen LogP contribution in [0.15, 0.2) is 6.20 Å². The van der Waals surface area contributed by atoms with Gasteiger partial charge in [0, 0.05) is 4.88 Å². The normalized spacial score (nSPS) is 12.7. The Labute approximate surface area is 103 Å². The van der Waals surface area contributed by atoms with E-state index in [1.165, 1.54) is 16.2 Å². The lowest BCUT2D eigenvalue weighted by Gasteiger charge is -2.11. The van der Waals surface area contributed by atoms with Crippen molar-refractivity contribution in [2.75, 3.05) is 11.1 Å². The summed E-state index contributed by atoms with van der Waals surface area (Å²) >= 11 is 3.18. The fraction of sp³-hybridized carbons (Fsp3) is 0.400. The van der Waals surface area contributed by atoms with Gasteiger partial charge in [-0.2, -0.15) is 0 Å². The molecule has 0 amide bonds. The van der Waals surface area contributed by atoms with Gasteiger partial charge in [0.15, 0.2) is 5.13 Å². The Hall–Kier alpha value is -1.14. The van der Waals surface area contributed by atoms with Gasteiger partial charge in [-0.25, -0.2) is 9.97 Å². The minimum atomic E-state index is 0.219. The molecule has 1 atom stereocenters. The Morgan fingerprint density at radius 2 is 2.12 bits per heavy atom. The number of thiazole rings is 2. The average molecular weight is 254 g/mol. The smallest absolute Gasteiger partial charge is 0.185 e. The third kappa shape index (κ3) is 2.33. The molecule has 0 aromatic carbocycles. The second-order valence-corrected chi connectivity index (χ2v) is 5.91. The lowest BCUT2D eigenvalue weighted by molar-refractivity contribution is 0.887. The molecular weight excluding hydrogens is 240 g/mol. The first-order valence-electron chi connectivity index (χ1n) is 4.98. The number of hydrogen-bond acceptors (Lipinski definition) is 6. The number of nitrogen functional groups attached to an aromatic ring is 1. The van der Waals surface area contributed by atoms with Crippen molar-refractivity contribution in [2.45, 2.75) is 26.8 Å². The first kappa shape index (κ1) is 11.3. The van der Waals surface area contributed by atoms with E-state index in [2.05, 4.69) is 22.2 Å². The van der Waals surface area contributed by atoms with Crippen molar-refractivity contribution in [3.63, 3.8) is 0 Å². The minimum Gasteiger partial charge on any atom is -0.389 e. The average Bonchev–Trinajstić information content (AvgIpc) is 2.73. The number of rotatable bonds is 3. The van der Waals surface area contributed by atoms with E-state index in [0.29, 0.717) is 0 Å². The number of aromatic nitrogens is 2. The van der Waals surface area contributed by atoms with Crippen LogP contribution in [0.4, 0.5) is 10.1 Å². The Morgan fingerprint density at radius 3 is 2.62 bits per heavy atom. The molecular formula is C10H14N4S2. The molecule has 2 heterocycles. The molecule has 16 heavy (non-hydrogen) atoms. The van der Waals surface area contributed by atoms with Crippen LogP contribution in [0.25, 0.3) is 0 Å². The van der Waals surface area contributed by atoms with Crippen LogP contribution in [0.3, 0.4) is 0 Å². The molecule has 4 nitrogen and oxygen atoms in total. The van der Waals surface area contributed by atoms with Crippen LogP contribution >= 0.6 is 22.7 Å². The molecule has 6 heteroatoms. The minimum absolute atomic E-state index is 0.219. The van der Waals surface area contributed by atoms with Crippen molar-refractivity contribution >= 4 is 32.8 Å². The van der Waals surface area contributed by atoms with Crippen LogP contribution in [0, 0.1) is 13.8 Å². The van der Waals surface area contributed by atoms with Gasteiger partial charge in [-0.05, 0) is 20.8 Å². The van der Waals surface area contributed by atoms with Crippen LogP contribution in [0.1, 0.15) is 28.5 Å². The van der Waals surface area contributed by atoms with Crippen LogP contribution in [-0.4, -0.2) is 9.97 Å². The second kappa shape index (κ2) is 4.39. The summed E-state index contributed by atoms with van der Waals surface area (Å²) in [6.45, 7) is 6.17. The van der Waals surface area contributed by atoms with E-state index in [0.717, 1.165) is 20.8 Å². The van der Waals surface area contributed by atoms with Crippen LogP contribution in [0.5, 0.6) is 0 Å². The van der Waals surface area contributed by atoms with Gasteiger partial charge in [0.1, 0.15) is 5.00 Å². The largest absolute Gasteiger partial charge is 0.389 e. The van der Waals surface area contributed by atoms with E-state index in [1.807, 2.05) is 13.8 Å². The summed E-state index contributed by atoms with van der Waals surface area (Å²) < 4.78 is 0. The van der Waals surface area contributed by atoms with Crippen LogP contribution in [-0.2, 0) is 0 Å². The van der Waals surface area contributed by atoms with Gasteiger partial charge in [0.25, 0.3) is 0 Å². The molecule has 0 aliphatic carbocycles. The topological polar surface area (TPSA) is 63.8 Å². The number of nitrogens with two attached hydrogens (primary N) is 1. The Bertz CT molecular complexity index is 489. The quantitative estimate of drug-likeness (QED) is 0.884. The van der Waals surface area contributed by atoms with Gasteiger partial charge in [0.05, 0.1) is 22.9 Å². The second-order valence-electron chi connectivity index (χ2n) is 3.62. The zero-order valence-corrected chi connectivity index (χ0v) is 11.1. The van der Waals surface area contributed by atoms with E-state index in [9.17, 15) is 0 Å². The van der Waals surface area contributed by atoms with Crippen LogP contribution < -0.4 is 11.1 Å². The molecule has 0 aliphatic rings. The number of aryl methyl sites for hydroxylation is 2. The molecule has 0 spiro atoms. The Kier molecular flexibility index (Phi) is 3.11. The summed E-state index contributed by atoms with van der Waals surface area (Å²) in [4.78, 5) is 9.86. The SMILES string of the molecule is Cc1nc(C)c(C(C)Nc2ncc(N)s2)s1. The predicted octanol–water partition coefficient (Wildman–Crippen LogP) is 2.97. The molecule has 0 aliphatic heterocycles. The highest BCUT2D eigenvalue weighted by molar-refractivity contribution is 7.19. The van der Waals surface area contributed by atoms with Gasteiger partial charge >= 0.3 is 0 Å². The summed E-state index contributed by atoms with van der Waals surface area (Å²) in [5, 5.41) is 6.01. The highest BCUT2D eigenvalue weighted by atomic mass is 32.1. The molecule has 86 valence electrons.